The number of Topliss-reactive ketones (excluding diaryl/α,β-unsaturated/α-hetero) is 1. The number of pyridine rings is 1. The van der Waals surface area contributed by atoms with Gasteiger partial charge in [0.05, 0.1) is 0 Å². The lowest BCUT2D eigenvalue weighted by molar-refractivity contribution is 0.0970. The molecule has 1 heterocycles. The fourth-order valence-corrected chi connectivity index (χ4v) is 2.59. The molecule has 2 aromatic rings. The van der Waals surface area contributed by atoms with Crippen LogP contribution >= 0.6 is 0 Å². The molecule has 1 aliphatic carbocycles. The number of aryl methyl sites for hydroxylation is 1. The Kier molecular flexibility index (Phi) is 2.71. The van der Waals surface area contributed by atoms with Crippen LogP contribution in [-0.2, 0) is 6.42 Å². The molecular weight excluding hydrogens is 222 g/mol. The maximum Gasteiger partial charge on any atom is 0.165 e. The molecule has 2 nitrogen and oxygen atoms in total. The number of hydrogen-bond donors (Lipinski definition) is 0. The number of ketones is 1. The summed E-state index contributed by atoms with van der Waals surface area (Å²) in [6.45, 7) is 1.96. The van der Waals surface area contributed by atoms with Gasteiger partial charge in [0.25, 0.3) is 0 Å². The fraction of sp³-hybridized carbons (Fsp3) is 0.250. The van der Waals surface area contributed by atoms with Gasteiger partial charge in [-0.05, 0) is 42.0 Å². The van der Waals surface area contributed by atoms with Crippen LogP contribution in [0, 0.1) is 6.92 Å². The third-order valence-electron chi connectivity index (χ3n) is 3.59. The van der Waals surface area contributed by atoms with Crippen LogP contribution in [0.25, 0.3) is 0 Å². The smallest absolute Gasteiger partial charge is 0.165 e. The van der Waals surface area contributed by atoms with Gasteiger partial charge in [-0.2, -0.15) is 0 Å². The fourth-order valence-electron chi connectivity index (χ4n) is 2.59. The monoisotopic (exact) mass is 237 g/mol. The summed E-state index contributed by atoms with van der Waals surface area (Å²) in [4.78, 5) is 16.2. The van der Waals surface area contributed by atoms with Crippen LogP contribution in [0.2, 0.25) is 0 Å². The zero-order chi connectivity index (χ0) is 12.5. The van der Waals surface area contributed by atoms with Crippen LogP contribution in [0.3, 0.4) is 0 Å². The normalized spacial score (nSPS) is 16.8. The predicted molar refractivity (Wildman–Crippen MR) is 70.8 cm³/mol. The Labute approximate surface area is 107 Å². The Morgan fingerprint density at radius 1 is 1.33 bits per heavy atom. The zero-order valence-corrected chi connectivity index (χ0v) is 10.4. The van der Waals surface area contributed by atoms with Gasteiger partial charge >= 0.3 is 0 Å². The highest BCUT2D eigenvalue weighted by Gasteiger charge is 2.27. The molecule has 1 aromatic heterocycles. The summed E-state index contributed by atoms with van der Waals surface area (Å²) in [7, 11) is 0. The molecule has 90 valence electrons. The summed E-state index contributed by atoms with van der Waals surface area (Å²) < 4.78 is 0. The van der Waals surface area contributed by atoms with E-state index in [0.717, 1.165) is 17.5 Å². The second kappa shape index (κ2) is 4.37. The highest BCUT2D eigenvalue weighted by atomic mass is 16.1. The van der Waals surface area contributed by atoms with Crippen molar-refractivity contribution in [3.8, 4) is 0 Å². The van der Waals surface area contributed by atoms with Crippen LogP contribution in [0.1, 0.15) is 39.4 Å². The van der Waals surface area contributed by atoms with Crippen molar-refractivity contribution < 1.29 is 4.79 Å². The van der Waals surface area contributed by atoms with Gasteiger partial charge in [-0.1, -0.05) is 24.3 Å². The third-order valence-corrected chi connectivity index (χ3v) is 3.59. The lowest BCUT2D eigenvalue weighted by Crippen LogP contribution is -2.20. The van der Waals surface area contributed by atoms with Crippen molar-refractivity contribution in [1.29, 1.82) is 0 Å². The Morgan fingerprint density at radius 2 is 2.17 bits per heavy atom. The standard InChI is InChI=1S/C16H15NO/c1-11-6-14(10-17-9-11)16(18)8-13-7-12-4-2-3-5-15(12)13/h2-6,9-10,13H,7-8H2,1H3. The molecule has 0 spiro atoms. The quantitative estimate of drug-likeness (QED) is 0.767. The highest BCUT2D eigenvalue weighted by molar-refractivity contribution is 5.96. The van der Waals surface area contributed by atoms with Gasteiger partial charge in [0.15, 0.2) is 5.78 Å². The van der Waals surface area contributed by atoms with Gasteiger partial charge in [0, 0.05) is 24.4 Å². The third kappa shape index (κ3) is 1.94. The van der Waals surface area contributed by atoms with Crippen molar-refractivity contribution in [2.75, 3.05) is 0 Å². The van der Waals surface area contributed by atoms with E-state index in [1.807, 2.05) is 19.1 Å². The van der Waals surface area contributed by atoms with Crippen molar-refractivity contribution in [2.45, 2.75) is 25.7 Å². The summed E-state index contributed by atoms with van der Waals surface area (Å²) in [5, 5.41) is 0. The minimum Gasteiger partial charge on any atom is -0.294 e. The molecule has 3 rings (SSSR count). The number of carbonyl (C=O) groups is 1. The number of hydrogen-bond acceptors (Lipinski definition) is 2. The minimum atomic E-state index is 0.200. The first-order chi connectivity index (χ1) is 8.74. The predicted octanol–water partition coefficient (Wildman–Crippen LogP) is 3.30. The number of aromatic nitrogens is 1. The molecule has 0 aliphatic heterocycles. The summed E-state index contributed by atoms with van der Waals surface area (Å²) >= 11 is 0. The second-order valence-corrected chi connectivity index (χ2v) is 4.98. The van der Waals surface area contributed by atoms with E-state index in [0.29, 0.717) is 12.3 Å². The number of rotatable bonds is 3. The van der Waals surface area contributed by atoms with Crippen LogP contribution in [0.5, 0.6) is 0 Å². The zero-order valence-electron chi connectivity index (χ0n) is 10.4. The molecule has 1 aromatic carbocycles. The number of nitrogens with zero attached hydrogens (tertiary/aromatic N) is 1. The van der Waals surface area contributed by atoms with Crippen LogP contribution in [0.15, 0.2) is 42.7 Å². The summed E-state index contributed by atoms with van der Waals surface area (Å²) in [6.07, 6.45) is 5.07. The van der Waals surface area contributed by atoms with Gasteiger partial charge in [0.1, 0.15) is 0 Å². The molecule has 0 saturated heterocycles. The number of benzene rings is 1. The molecule has 0 N–H and O–H groups in total. The van der Waals surface area contributed by atoms with Crippen LogP contribution < -0.4 is 0 Å². The highest BCUT2D eigenvalue weighted by Crippen LogP contribution is 2.37. The van der Waals surface area contributed by atoms with E-state index in [1.165, 1.54) is 11.1 Å². The van der Waals surface area contributed by atoms with Crippen molar-refractivity contribution >= 4 is 5.78 Å². The molecule has 2 heteroatoms. The molecule has 0 bridgehead atoms. The molecule has 1 unspecified atom stereocenters. The molecule has 0 amide bonds. The summed E-state index contributed by atoms with van der Waals surface area (Å²) in [5.74, 6) is 0.597. The first kappa shape index (κ1) is 11.1. The molecular formula is C16H15NO. The van der Waals surface area contributed by atoms with Crippen LogP contribution in [0.4, 0.5) is 0 Å². The van der Waals surface area contributed by atoms with E-state index in [1.54, 1.807) is 12.4 Å². The number of fused-ring (bicyclic) bond motifs is 1. The van der Waals surface area contributed by atoms with Gasteiger partial charge in [-0.3, -0.25) is 9.78 Å². The van der Waals surface area contributed by atoms with Crippen molar-refractivity contribution in [3.05, 3.63) is 65.0 Å². The first-order valence-electron chi connectivity index (χ1n) is 6.26. The van der Waals surface area contributed by atoms with Crippen molar-refractivity contribution in [3.63, 3.8) is 0 Å². The minimum absolute atomic E-state index is 0.200. The van der Waals surface area contributed by atoms with Crippen LogP contribution in [-0.4, -0.2) is 10.8 Å². The van der Waals surface area contributed by atoms with E-state index in [-0.39, 0.29) is 5.78 Å². The number of carbonyl (C=O) groups excluding carboxylic acids is 1. The first-order valence-corrected chi connectivity index (χ1v) is 6.26. The van der Waals surface area contributed by atoms with Gasteiger partial charge < -0.3 is 0 Å². The summed E-state index contributed by atoms with van der Waals surface area (Å²) in [6, 6.07) is 10.3. The van der Waals surface area contributed by atoms with Gasteiger partial charge in [-0.25, -0.2) is 0 Å². The van der Waals surface area contributed by atoms with E-state index in [4.69, 9.17) is 0 Å². The maximum atomic E-state index is 12.2. The SMILES string of the molecule is Cc1cncc(C(=O)CC2Cc3ccccc32)c1. The Morgan fingerprint density at radius 3 is 2.94 bits per heavy atom. The Hall–Kier alpha value is -1.96. The molecule has 1 atom stereocenters. The Bertz CT molecular complexity index is 604. The van der Waals surface area contributed by atoms with Crippen molar-refractivity contribution in [2.24, 2.45) is 0 Å². The average Bonchev–Trinajstić information content (AvgIpc) is 2.36. The average molecular weight is 237 g/mol. The van der Waals surface area contributed by atoms with E-state index in [9.17, 15) is 4.79 Å². The van der Waals surface area contributed by atoms with Crippen molar-refractivity contribution in [1.82, 2.24) is 4.98 Å². The van der Waals surface area contributed by atoms with E-state index < -0.39 is 0 Å². The second-order valence-electron chi connectivity index (χ2n) is 4.98. The van der Waals surface area contributed by atoms with E-state index in [2.05, 4.69) is 23.2 Å². The molecule has 18 heavy (non-hydrogen) atoms. The largest absolute Gasteiger partial charge is 0.294 e. The molecule has 0 radical (unpaired) electrons. The molecule has 0 saturated carbocycles. The molecule has 1 aliphatic rings. The maximum absolute atomic E-state index is 12.2. The lowest BCUT2D eigenvalue weighted by Gasteiger charge is -2.29. The van der Waals surface area contributed by atoms with Gasteiger partial charge in [-0.15, -0.1) is 0 Å². The summed E-state index contributed by atoms with van der Waals surface area (Å²) in [5.41, 5.74) is 4.50. The van der Waals surface area contributed by atoms with E-state index >= 15 is 0 Å². The topological polar surface area (TPSA) is 30.0 Å². The van der Waals surface area contributed by atoms with Gasteiger partial charge in [0.2, 0.25) is 0 Å². The molecule has 0 fully saturated rings. The Balaban J connectivity index is 1.74. The lowest BCUT2D eigenvalue weighted by atomic mass is 9.74.